The van der Waals surface area contributed by atoms with Crippen LogP contribution in [-0.2, 0) is 16.0 Å². The van der Waals surface area contributed by atoms with E-state index in [0.29, 0.717) is 54.5 Å². The first-order valence-electron chi connectivity index (χ1n) is 11.5. The number of nitrogens with zero attached hydrogens (tertiary/aromatic N) is 3. The number of ether oxygens (including phenoxy) is 1. The fourth-order valence-corrected chi connectivity index (χ4v) is 4.75. The van der Waals surface area contributed by atoms with Crippen LogP contribution in [0.15, 0.2) is 36.5 Å². The van der Waals surface area contributed by atoms with Crippen LogP contribution >= 0.6 is 0 Å². The van der Waals surface area contributed by atoms with Gasteiger partial charge >= 0.3 is 0 Å². The van der Waals surface area contributed by atoms with Crippen LogP contribution in [0, 0.1) is 11.3 Å². The minimum absolute atomic E-state index is 0.141. The Morgan fingerprint density at radius 2 is 1.94 bits per heavy atom. The van der Waals surface area contributed by atoms with E-state index in [2.05, 4.69) is 20.5 Å². The van der Waals surface area contributed by atoms with Crippen molar-refractivity contribution >= 4 is 23.5 Å². The molecule has 1 saturated heterocycles. The van der Waals surface area contributed by atoms with Crippen molar-refractivity contribution in [2.45, 2.75) is 32.1 Å². The molecule has 32 heavy (non-hydrogen) atoms. The predicted molar refractivity (Wildman–Crippen MR) is 121 cm³/mol. The first-order valence-corrected chi connectivity index (χ1v) is 11.5. The highest BCUT2D eigenvalue weighted by molar-refractivity contribution is 6.04. The average Bonchev–Trinajstić information content (AvgIpc) is 3.57. The lowest BCUT2D eigenvalue weighted by molar-refractivity contribution is -0.123. The van der Waals surface area contributed by atoms with Crippen LogP contribution in [-0.4, -0.2) is 54.6 Å². The molecule has 1 aliphatic heterocycles. The summed E-state index contributed by atoms with van der Waals surface area (Å²) in [4.78, 5) is 36.7. The molecular weight excluding hydrogens is 406 g/mol. The molecule has 3 fully saturated rings. The zero-order valence-electron chi connectivity index (χ0n) is 18.2. The summed E-state index contributed by atoms with van der Waals surface area (Å²) >= 11 is 0. The third kappa shape index (κ3) is 4.32. The minimum Gasteiger partial charge on any atom is -0.378 e. The van der Waals surface area contributed by atoms with Gasteiger partial charge in [0, 0.05) is 43.9 Å². The molecule has 1 aromatic carbocycles. The van der Waals surface area contributed by atoms with E-state index in [1.165, 1.54) is 19.3 Å². The quantitative estimate of drug-likeness (QED) is 0.693. The summed E-state index contributed by atoms with van der Waals surface area (Å²) in [5.41, 5.74) is 2.10. The van der Waals surface area contributed by atoms with E-state index < -0.39 is 0 Å². The second-order valence-corrected chi connectivity index (χ2v) is 8.96. The van der Waals surface area contributed by atoms with Gasteiger partial charge in [0.05, 0.1) is 24.5 Å². The van der Waals surface area contributed by atoms with Crippen molar-refractivity contribution in [3.8, 4) is 0 Å². The molecule has 8 nitrogen and oxygen atoms in total. The van der Waals surface area contributed by atoms with Crippen LogP contribution in [0.4, 0.5) is 11.6 Å². The van der Waals surface area contributed by atoms with Gasteiger partial charge in [0.1, 0.15) is 0 Å². The van der Waals surface area contributed by atoms with Gasteiger partial charge in [0.2, 0.25) is 11.9 Å². The molecule has 8 heteroatoms. The summed E-state index contributed by atoms with van der Waals surface area (Å²) in [6.07, 6.45) is 6.71. The molecule has 0 unspecified atom stereocenters. The number of nitrogens with one attached hydrogen (secondary N) is 2. The Hall–Kier alpha value is -3.00. The summed E-state index contributed by atoms with van der Waals surface area (Å²) in [5, 5.41) is 5.98. The Bertz CT molecular complexity index is 986. The van der Waals surface area contributed by atoms with E-state index in [0.717, 1.165) is 19.5 Å². The number of anilines is 2. The van der Waals surface area contributed by atoms with Crippen molar-refractivity contribution in [3.05, 3.63) is 47.8 Å². The van der Waals surface area contributed by atoms with Crippen molar-refractivity contribution in [1.29, 1.82) is 0 Å². The standard InChI is InChI=1S/C24H29N5O3/c30-21(27-17-5-2-1-3-6-17)18-16-26-23(29-11-13-32-14-12-29)28-20(18)7-10-25-22(31)19-15-24(19)8-4-9-24/h1-3,5-6,16,19H,4,7-15H2,(H,25,31)(H,27,30)/t19-/m0/s1. The van der Waals surface area contributed by atoms with Crippen molar-refractivity contribution in [3.63, 3.8) is 0 Å². The van der Waals surface area contributed by atoms with E-state index in [9.17, 15) is 9.59 Å². The number of amides is 2. The molecule has 2 amide bonds. The van der Waals surface area contributed by atoms with E-state index >= 15 is 0 Å². The second-order valence-electron chi connectivity index (χ2n) is 8.96. The number of rotatable bonds is 7. The molecule has 1 aromatic heterocycles. The van der Waals surface area contributed by atoms with E-state index in [1.807, 2.05) is 30.3 Å². The second kappa shape index (κ2) is 8.86. The summed E-state index contributed by atoms with van der Waals surface area (Å²) in [5.74, 6) is 0.664. The SMILES string of the molecule is O=C(Nc1ccccc1)c1cnc(N2CCOCC2)nc1CCNC(=O)[C@@H]1CC12CCC2. The summed E-state index contributed by atoms with van der Waals surface area (Å²) in [6, 6.07) is 9.32. The number of morpholine rings is 1. The number of benzene rings is 1. The monoisotopic (exact) mass is 435 g/mol. The lowest BCUT2D eigenvalue weighted by atomic mass is 9.80. The number of aromatic nitrogens is 2. The average molecular weight is 436 g/mol. The highest BCUT2D eigenvalue weighted by Crippen LogP contribution is 2.65. The predicted octanol–water partition coefficient (Wildman–Crippen LogP) is 2.41. The van der Waals surface area contributed by atoms with Gasteiger partial charge in [0.25, 0.3) is 5.91 Å². The first-order chi connectivity index (χ1) is 15.6. The zero-order chi connectivity index (χ0) is 22.0. The van der Waals surface area contributed by atoms with Crippen LogP contribution in [0.2, 0.25) is 0 Å². The van der Waals surface area contributed by atoms with Crippen LogP contribution < -0.4 is 15.5 Å². The van der Waals surface area contributed by atoms with Crippen LogP contribution in [0.1, 0.15) is 41.7 Å². The Morgan fingerprint density at radius 3 is 2.62 bits per heavy atom. The zero-order valence-corrected chi connectivity index (χ0v) is 18.2. The molecule has 0 bridgehead atoms. The fraction of sp³-hybridized carbons (Fsp3) is 0.500. The molecule has 2 aromatic rings. The maximum absolute atomic E-state index is 13.0. The summed E-state index contributed by atoms with van der Waals surface area (Å²) < 4.78 is 5.42. The van der Waals surface area contributed by atoms with Gasteiger partial charge in [-0.25, -0.2) is 9.97 Å². The van der Waals surface area contributed by atoms with Gasteiger partial charge in [-0.1, -0.05) is 24.6 Å². The summed E-state index contributed by atoms with van der Waals surface area (Å²) in [6.45, 7) is 3.16. The Kier molecular flexibility index (Phi) is 5.78. The normalized spacial score (nSPS) is 21.0. The minimum atomic E-state index is -0.248. The summed E-state index contributed by atoms with van der Waals surface area (Å²) in [7, 11) is 0. The molecule has 2 aliphatic carbocycles. The smallest absolute Gasteiger partial charge is 0.259 e. The maximum atomic E-state index is 13.0. The van der Waals surface area contributed by atoms with E-state index in [-0.39, 0.29) is 17.7 Å². The molecule has 0 radical (unpaired) electrons. The van der Waals surface area contributed by atoms with Crippen molar-refractivity contribution in [2.24, 2.45) is 11.3 Å². The lowest BCUT2D eigenvalue weighted by Crippen LogP contribution is -2.38. The Morgan fingerprint density at radius 1 is 1.16 bits per heavy atom. The van der Waals surface area contributed by atoms with E-state index in [4.69, 9.17) is 9.72 Å². The third-order valence-corrected chi connectivity index (χ3v) is 6.94. The molecule has 3 aliphatic rings. The van der Waals surface area contributed by atoms with Gasteiger partial charge in [-0.15, -0.1) is 0 Å². The van der Waals surface area contributed by atoms with Crippen LogP contribution in [0.25, 0.3) is 0 Å². The van der Waals surface area contributed by atoms with Crippen molar-refractivity contribution < 1.29 is 14.3 Å². The first kappa shape index (κ1) is 20.9. The Balaban J connectivity index is 1.28. The van der Waals surface area contributed by atoms with Gasteiger partial charge < -0.3 is 20.3 Å². The molecule has 5 rings (SSSR count). The van der Waals surface area contributed by atoms with Crippen LogP contribution in [0.5, 0.6) is 0 Å². The third-order valence-electron chi connectivity index (χ3n) is 6.94. The Labute approximate surface area is 187 Å². The molecule has 1 atom stereocenters. The van der Waals surface area contributed by atoms with Crippen molar-refractivity contribution in [2.75, 3.05) is 43.1 Å². The van der Waals surface area contributed by atoms with Gasteiger partial charge in [-0.3, -0.25) is 9.59 Å². The van der Waals surface area contributed by atoms with Gasteiger partial charge in [-0.2, -0.15) is 0 Å². The lowest BCUT2D eigenvalue weighted by Gasteiger charge is -2.27. The van der Waals surface area contributed by atoms with E-state index in [1.54, 1.807) is 6.20 Å². The number of hydrogen-bond acceptors (Lipinski definition) is 6. The largest absolute Gasteiger partial charge is 0.378 e. The molecule has 2 heterocycles. The highest BCUT2D eigenvalue weighted by Gasteiger charge is 2.60. The van der Waals surface area contributed by atoms with Crippen LogP contribution in [0.3, 0.4) is 0 Å². The molecule has 2 saturated carbocycles. The topological polar surface area (TPSA) is 96.5 Å². The number of para-hydroxylation sites is 1. The number of carbonyl (C=O) groups is 2. The molecule has 1 spiro atoms. The molecular formula is C24H29N5O3. The van der Waals surface area contributed by atoms with Gasteiger partial charge in [-0.05, 0) is 36.8 Å². The number of carbonyl (C=O) groups excluding carboxylic acids is 2. The highest BCUT2D eigenvalue weighted by atomic mass is 16.5. The molecule has 2 N–H and O–H groups in total. The fourth-order valence-electron chi connectivity index (χ4n) is 4.75. The van der Waals surface area contributed by atoms with Gasteiger partial charge in [0.15, 0.2) is 0 Å². The maximum Gasteiger partial charge on any atom is 0.259 e. The van der Waals surface area contributed by atoms with Crippen molar-refractivity contribution in [1.82, 2.24) is 15.3 Å². The number of hydrogen-bond donors (Lipinski definition) is 2. The molecule has 168 valence electrons.